The topological polar surface area (TPSA) is 89.7 Å². The van der Waals surface area contributed by atoms with E-state index in [1.54, 1.807) is 0 Å². The molecule has 6 heteroatoms. The van der Waals surface area contributed by atoms with Gasteiger partial charge in [0.05, 0.1) is 17.1 Å². The van der Waals surface area contributed by atoms with Gasteiger partial charge in [0.2, 0.25) is 0 Å². The highest BCUT2D eigenvalue weighted by Gasteiger charge is 2.19. The molecule has 1 N–H and O–H groups in total. The number of nitrogens with zero attached hydrogens (tertiary/aromatic N) is 1. The van der Waals surface area contributed by atoms with Gasteiger partial charge in [-0.3, -0.25) is 10.1 Å². The van der Waals surface area contributed by atoms with Crippen LogP contribution in [0.4, 0.5) is 5.69 Å². The van der Waals surface area contributed by atoms with Crippen molar-refractivity contribution in [2.45, 2.75) is 26.7 Å². The molecule has 0 spiro atoms. The highest BCUT2D eigenvalue weighted by Crippen LogP contribution is 2.28. The van der Waals surface area contributed by atoms with Crippen LogP contribution in [0.1, 0.15) is 37.0 Å². The van der Waals surface area contributed by atoms with Crippen LogP contribution in [0.2, 0.25) is 0 Å². The van der Waals surface area contributed by atoms with E-state index in [9.17, 15) is 14.9 Å². The Balaban J connectivity index is 2.94. The Labute approximate surface area is 111 Å². The SMILES string of the molecule is CCC(CC)COc1ccc(C(=O)O)cc1[N+](=O)[O-]. The average Bonchev–Trinajstić information content (AvgIpc) is 2.39. The van der Waals surface area contributed by atoms with Crippen molar-refractivity contribution in [1.29, 1.82) is 0 Å². The van der Waals surface area contributed by atoms with Gasteiger partial charge in [0, 0.05) is 6.07 Å². The third-order valence-electron chi connectivity index (χ3n) is 3.03. The van der Waals surface area contributed by atoms with Gasteiger partial charge in [-0.15, -0.1) is 0 Å². The van der Waals surface area contributed by atoms with Crippen LogP contribution in [0.25, 0.3) is 0 Å². The molecule has 0 aliphatic heterocycles. The largest absolute Gasteiger partial charge is 0.487 e. The van der Waals surface area contributed by atoms with Crippen LogP contribution in [-0.2, 0) is 0 Å². The second-order valence-electron chi connectivity index (χ2n) is 4.24. The van der Waals surface area contributed by atoms with E-state index in [4.69, 9.17) is 9.84 Å². The van der Waals surface area contributed by atoms with Gasteiger partial charge in [0.15, 0.2) is 5.75 Å². The van der Waals surface area contributed by atoms with E-state index in [1.165, 1.54) is 12.1 Å². The molecule has 0 aliphatic rings. The maximum absolute atomic E-state index is 10.9. The molecule has 6 nitrogen and oxygen atoms in total. The van der Waals surface area contributed by atoms with E-state index < -0.39 is 10.9 Å². The van der Waals surface area contributed by atoms with E-state index in [0.717, 1.165) is 18.9 Å². The lowest BCUT2D eigenvalue weighted by Gasteiger charge is -2.13. The number of hydrogen-bond donors (Lipinski definition) is 1. The monoisotopic (exact) mass is 267 g/mol. The van der Waals surface area contributed by atoms with Crippen molar-refractivity contribution in [3.05, 3.63) is 33.9 Å². The lowest BCUT2D eigenvalue weighted by molar-refractivity contribution is -0.385. The van der Waals surface area contributed by atoms with Crippen molar-refractivity contribution in [3.8, 4) is 5.75 Å². The number of carboxylic acid groups (broad SMARTS) is 1. The average molecular weight is 267 g/mol. The van der Waals surface area contributed by atoms with Crippen LogP contribution >= 0.6 is 0 Å². The zero-order chi connectivity index (χ0) is 14.4. The Bertz CT molecular complexity index is 468. The summed E-state index contributed by atoms with van der Waals surface area (Å²) in [7, 11) is 0. The third-order valence-corrected chi connectivity index (χ3v) is 3.03. The fourth-order valence-corrected chi connectivity index (χ4v) is 1.65. The van der Waals surface area contributed by atoms with E-state index in [2.05, 4.69) is 0 Å². The van der Waals surface area contributed by atoms with Crippen molar-refractivity contribution in [3.63, 3.8) is 0 Å². The Hall–Kier alpha value is -2.11. The minimum atomic E-state index is -1.20. The number of nitro groups is 1. The van der Waals surface area contributed by atoms with Gasteiger partial charge >= 0.3 is 11.7 Å². The van der Waals surface area contributed by atoms with Crippen molar-refractivity contribution < 1.29 is 19.6 Å². The summed E-state index contributed by atoms with van der Waals surface area (Å²) in [5, 5.41) is 19.7. The smallest absolute Gasteiger partial charge is 0.335 e. The zero-order valence-corrected chi connectivity index (χ0v) is 11.0. The molecule has 0 heterocycles. The molecule has 0 saturated carbocycles. The van der Waals surface area contributed by atoms with E-state index in [1.807, 2.05) is 13.8 Å². The molecule has 0 unspecified atom stereocenters. The van der Waals surface area contributed by atoms with E-state index in [0.29, 0.717) is 12.5 Å². The lowest BCUT2D eigenvalue weighted by Crippen LogP contribution is -2.11. The van der Waals surface area contributed by atoms with Gasteiger partial charge in [0.1, 0.15) is 0 Å². The maximum atomic E-state index is 10.9. The van der Waals surface area contributed by atoms with Gasteiger partial charge in [-0.05, 0) is 18.1 Å². The van der Waals surface area contributed by atoms with Crippen LogP contribution in [0.5, 0.6) is 5.75 Å². The Morgan fingerprint density at radius 2 is 2.05 bits per heavy atom. The molecule has 1 rings (SSSR count). The summed E-state index contributed by atoms with van der Waals surface area (Å²) >= 11 is 0. The molecule has 0 aromatic heterocycles. The zero-order valence-electron chi connectivity index (χ0n) is 11.0. The van der Waals surface area contributed by atoms with E-state index in [-0.39, 0.29) is 17.0 Å². The number of aromatic carboxylic acids is 1. The number of carboxylic acids is 1. The maximum Gasteiger partial charge on any atom is 0.335 e. The van der Waals surface area contributed by atoms with Gasteiger partial charge in [0.25, 0.3) is 0 Å². The second-order valence-corrected chi connectivity index (χ2v) is 4.24. The normalized spacial score (nSPS) is 10.5. The lowest BCUT2D eigenvalue weighted by atomic mass is 10.1. The summed E-state index contributed by atoms with van der Waals surface area (Å²) in [5.41, 5.74) is -0.438. The molecule has 1 aromatic carbocycles. The predicted octanol–water partition coefficient (Wildman–Crippen LogP) is 3.11. The van der Waals surface area contributed by atoms with Gasteiger partial charge in [-0.2, -0.15) is 0 Å². The second kappa shape index (κ2) is 6.72. The minimum Gasteiger partial charge on any atom is -0.487 e. The van der Waals surface area contributed by atoms with Crippen molar-refractivity contribution in [1.82, 2.24) is 0 Å². The summed E-state index contributed by atoms with van der Waals surface area (Å²) in [6.45, 7) is 4.44. The summed E-state index contributed by atoms with van der Waals surface area (Å²) < 4.78 is 5.44. The van der Waals surface area contributed by atoms with Crippen LogP contribution < -0.4 is 4.74 Å². The first-order valence-electron chi connectivity index (χ1n) is 6.14. The number of ether oxygens (including phenoxy) is 1. The summed E-state index contributed by atoms with van der Waals surface area (Å²) in [4.78, 5) is 21.1. The van der Waals surface area contributed by atoms with Gasteiger partial charge in [-0.25, -0.2) is 4.79 Å². The van der Waals surface area contributed by atoms with Crippen LogP contribution in [0.3, 0.4) is 0 Å². The van der Waals surface area contributed by atoms with E-state index >= 15 is 0 Å². The summed E-state index contributed by atoms with van der Waals surface area (Å²) in [6.07, 6.45) is 1.86. The highest BCUT2D eigenvalue weighted by atomic mass is 16.6. The fourth-order valence-electron chi connectivity index (χ4n) is 1.65. The van der Waals surface area contributed by atoms with Gasteiger partial charge in [-0.1, -0.05) is 26.7 Å². The number of nitro benzene ring substituents is 1. The molecular formula is C13H17NO5. The standard InChI is InChI=1S/C13H17NO5/c1-3-9(4-2)8-19-12-6-5-10(13(15)16)7-11(12)14(17)18/h5-7,9H,3-4,8H2,1-2H3,(H,15,16). The van der Waals surface area contributed by atoms with Crippen molar-refractivity contribution in [2.24, 2.45) is 5.92 Å². The highest BCUT2D eigenvalue weighted by molar-refractivity contribution is 5.88. The molecule has 1 aromatic rings. The minimum absolute atomic E-state index is 0.113. The number of hydrogen-bond acceptors (Lipinski definition) is 4. The first-order valence-corrected chi connectivity index (χ1v) is 6.14. The predicted molar refractivity (Wildman–Crippen MR) is 69.6 cm³/mol. The number of carbonyl (C=O) groups is 1. The molecule has 0 atom stereocenters. The first kappa shape index (κ1) is 14.9. The fraction of sp³-hybridized carbons (Fsp3) is 0.462. The quantitative estimate of drug-likeness (QED) is 0.605. The van der Waals surface area contributed by atoms with Gasteiger partial charge < -0.3 is 9.84 Å². The number of benzene rings is 1. The Kier molecular flexibility index (Phi) is 5.29. The van der Waals surface area contributed by atoms with Crippen molar-refractivity contribution >= 4 is 11.7 Å². The molecule has 0 bridgehead atoms. The molecule has 0 amide bonds. The molecule has 104 valence electrons. The van der Waals surface area contributed by atoms with Crippen LogP contribution in [-0.4, -0.2) is 22.6 Å². The molecule has 0 aliphatic carbocycles. The molecular weight excluding hydrogens is 250 g/mol. The summed E-state index contributed by atoms with van der Waals surface area (Å²) in [6, 6.07) is 3.66. The molecule has 0 fully saturated rings. The first-order chi connectivity index (χ1) is 8.99. The molecule has 19 heavy (non-hydrogen) atoms. The van der Waals surface area contributed by atoms with Crippen LogP contribution in [0, 0.1) is 16.0 Å². The molecule has 0 radical (unpaired) electrons. The Morgan fingerprint density at radius 3 is 2.53 bits per heavy atom. The Morgan fingerprint density at radius 1 is 1.42 bits per heavy atom. The van der Waals surface area contributed by atoms with Crippen molar-refractivity contribution in [2.75, 3.05) is 6.61 Å². The third kappa shape index (κ3) is 3.94. The van der Waals surface area contributed by atoms with Crippen LogP contribution in [0.15, 0.2) is 18.2 Å². The summed E-state index contributed by atoms with van der Waals surface area (Å²) in [5.74, 6) is -0.754. The number of rotatable bonds is 7. The molecule has 0 saturated heterocycles.